The number of hydrogen-bond donors (Lipinski definition) is 0. The molecule has 164 valence electrons. The van der Waals surface area contributed by atoms with E-state index in [2.05, 4.69) is 0 Å². The van der Waals surface area contributed by atoms with Crippen molar-refractivity contribution < 1.29 is 22.7 Å². The molecule has 3 aliphatic heterocycles. The summed E-state index contributed by atoms with van der Waals surface area (Å²) in [6.07, 6.45) is 1.90. The summed E-state index contributed by atoms with van der Waals surface area (Å²) in [6, 6.07) is 14.7. The number of sulfonamides is 1. The van der Waals surface area contributed by atoms with Gasteiger partial charge in [0.25, 0.3) is 0 Å². The van der Waals surface area contributed by atoms with Gasteiger partial charge in [-0.2, -0.15) is 4.31 Å². The van der Waals surface area contributed by atoms with E-state index in [9.17, 15) is 13.2 Å². The van der Waals surface area contributed by atoms with Crippen LogP contribution in [-0.2, 0) is 21.4 Å². The molecule has 5 rings (SSSR count). The van der Waals surface area contributed by atoms with Gasteiger partial charge in [0.2, 0.25) is 15.9 Å². The second kappa shape index (κ2) is 7.84. The van der Waals surface area contributed by atoms with E-state index in [1.54, 1.807) is 12.1 Å². The molecule has 0 N–H and O–H groups in total. The van der Waals surface area contributed by atoms with Crippen LogP contribution >= 0.6 is 0 Å². The summed E-state index contributed by atoms with van der Waals surface area (Å²) in [6.45, 7) is 2.90. The number of hydrogen-bond acceptors (Lipinski definition) is 5. The van der Waals surface area contributed by atoms with Gasteiger partial charge in [0.15, 0.2) is 11.5 Å². The number of amides is 1. The first-order valence-electron chi connectivity index (χ1n) is 10.7. The summed E-state index contributed by atoms with van der Waals surface area (Å²) in [5.74, 6) is 1.19. The highest BCUT2D eigenvalue weighted by Crippen LogP contribution is 2.43. The van der Waals surface area contributed by atoms with E-state index < -0.39 is 15.4 Å². The third-order valence-corrected chi connectivity index (χ3v) is 8.54. The fourth-order valence-corrected chi connectivity index (χ4v) is 6.26. The van der Waals surface area contributed by atoms with Crippen molar-refractivity contribution in [3.05, 3.63) is 54.1 Å². The fraction of sp³-hybridized carbons (Fsp3) is 0.435. The molecule has 0 aliphatic carbocycles. The van der Waals surface area contributed by atoms with Crippen molar-refractivity contribution in [1.82, 2.24) is 9.21 Å². The summed E-state index contributed by atoms with van der Waals surface area (Å²) >= 11 is 0. The minimum Gasteiger partial charge on any atom is -0.486 e. The third kappa shape index (κ3) is 3.68. The molecule has 2 saturated heterocycles. The smallest absolute Gasteiger partial charge is 0.243 e. The van der Waals surface area contributed by atoms with Crippen LogP contribution in [-0.4, -0.2) is 56.4 Å². The lowest BCUT2D eigenvalue weighted by atomic mass is 9.77. The Morgan fingerprint density at radius 1 is 0.871 bits per heavy atom. The molecule has 2 fully saturated rings. The average Bonchev–Trinajstić information content (AvgIpc) is 3.09. The Hall–Kier alpha value is -2.58. The molecule has 31 heavy (non-hydrogen) atoms. The van der Waals surface area contributed by atoms with E-state index in [0.29, 0.717) is 57.2 Å². The largest absolute Gasteiger partial charge is 0.486 e. The van der Waals surface area contributed by atoms with Gasteiger partial charge >= 0.3 is 0 Å². The first-order chi connectivity index (χ1) is 15.0. The molecule has 3 heterocycles. The van der Waals surface area contributed by atoms with Crippen LogP contribution in [0.25, 0.3) is 0 Å². The summed E-state index contributed by atoms with van der Waals surface area (Å²) in [7, 11) is -3.65. The first kappa shape index (κ1) is 20.3. The maximum atomic E-state index is 13.2. The normalized spacial score (nSPS) is 20.9. The molecular formula is C23H26N2O5S. The third-order valence-electron chi connectivity index (χ3n) is 6.65. The van der Waals surface area contributed by atoms with Gasteiger partial charge in [0, 0.05) is 32.2 Å². The number of ether oxygens (including phenoxy) is 2. The minimum atomic E-state index is -3.65. The zero-order chi connectivity index (χ0) is 21.5. The molecule has 0 unspecified atom stereocenters. The highest BCUT2D eigenvalue weighted by atomic mass is 32.2. The highest BCUT2D eigenvalue weighted by Gasteiger charge is 2.49. The average molecular weight is 443 g/mol. The minimum absolute atomic E-state index is 0.160. The number of benzene rings is 2. The van der Waals surface area contributed by atoms with Gasteiger partial charge in [-0.25, -0.2) is 8.42 Å². The number of carbonyl (C=O) groups excluding carboxylic acids is 1. The SMILES string of the molecule is O=C1N(Cc2ccccc2)CCC12CCN(S(=O)(=O)c1ccc3c(c1)OCCO3)CC2. The number of fused-ring (bicyclic) bond motifs is 1. The van der Waals surface area contributed by atoms with Gasteiger partial charge in [-0.3, -0.25) is 4.79 Å². The predicted molar refractivity (Wildman–Crippen MR) is 114 cm³/mol. The van der Waals surface area contributed by atoms with Crippen molar-refractivity contribution in [2.75, 3.05) is 32.8 Å². The van der Waals surface area contributed by atoms with E-state index in [0.717, 1.165) is 18.5 Å². The van der Waals surface area contributed by atoms with Crippen LogP contribution in [0.1, 0.15) is 24.8 Å². The van der Waals surface area contributed by atoms with E-state index in [1.807, 2.05) is 35.2 Å². The maximum Gasteiger partial charge on any atom is 0.243 e. The summed E-state index contributed by atoms with van der Waals surface area (Å²) in [5.41, 5.74) is 0.680. The Kier molecular flexibility index (Phi) is 5.14. The van der Waals surface area contributed by atoms with Crippen molar-refractivity contribution in [3.8, 4) is 11.5 Å². The molecule has 0 saturated carbocycles. The van der Waals surface area contributed by atoms with Crippen molar-refractivity contribution >= 4 is 15.9 Å². The van der Waals surface area contributed by atoms with Crippen LogP contribution < -0.4 is 9.47 Å². The van der Waals surface area contributed by atoms with Crippen LogP contribution in [0.5, 0.6) is 11.5 Å². The molecule has 1 amide bonds. The molecule has 1 spiro atoms. The number of nitrogens with zero attached hydrogens (tertiary/aromatic N) is 2. The van der Waals surface area contributed by atoms with Crippen LogP contribution in [0.4, 0.5) is 0 Å². The number of piperidine rings is 1. The van der Waals surface area contributed by atoms with E-state index >= 15 is 0 Å². The molecule has 3 aliphatic rings. The Labute approximate surface area is 182 Å². The summed E-state index contributed by atoms with van der Waals surface area (Å²) < 4.78 is 38.9. The standard InChI is InChI=1S/C23H26N2O5S/c26-22-23(8-11-24(22)17-18-4-2-1-3-5-18)9-12-25(13-10-23)31(27,28)19-6-7-20-21(16-19)30-15-14-29-20/h1-7,16H,8-15,17H2. The molecule has 2 aromatic carbocycles. The van der Waals surface area contributed by atoms with Gasteiger partial charge in [-0.1, -0.05) is 30.3 Å². The van der Waals surface area contributed by atoms with Gasteiger partial charge in [-0.15, -0.1) is 0 Å². The van der Waals surface area contributed by atoms with E-state index in [-0.39, 0.29) is 10.8 Å². The van der Waals surface area contributed by atoms with Gasteiger partial charge in [-0.05, 0) is 37.0 Å². The lowest BCUT2D eigenvalue weighted by Crippen LogP contribution is -2.46. The molecule has 0 radical (unpaired) electrons. The van der Waals surface area contributed by atoms with E-state index in [4.69, 9.17) is 9.47 Å². The molecule has 2 aromatic rings. The zero-order valence-electron chi connectivity index (χ0n) is 17.3. The second-order valence-electron chi connectivity index (χ2n) is 8.45. The summed E-state index contributed by atoms with van der Waals surface area (Å²) in [5, 5.41) is 0. The molecule has 0 bridgehead atoms. The monoisotopic (exact) mass is 442 g/mol. The van der Waals surface area contributed by atoms with Crippen molar-refractivity contribution in [2.24, 2.45) is 5.41 Å². The van der Waals surface area contributed by atoms with Gasteiger partial charge in [0.1, 0.15) is 13.2 Å². The van der Waals surface area contributed by atoms with Crippen LogP contribution in [0.2, 0.25) is 0 Å². The Balaban J connectivity index is 1.27. The van der Waals surface area contributed by atoms with Crippen LogP contribution in [0.3, 0.4) is 0 Å². The Morgan fingerprint density at radius 3 is 2.29 bits per heavy atom. The topological polar surface area (TPSA) is 76.2 Å². The predicted octanol–water partition coefficient (Wildman–Crippen LogP) is 2.66. The Morgan fingerprint density at radius 2 is 1.55 bits per heavy atom. The van der Waals surface area contributed by atoms with Crippen molar-refractivity contribution in [3.63, 3.8) is 0 Å². The van der Waals surface area contributed by atoms with Gasteiger partial charge < -0.3 is 14.4 Å². The first-order valence-corrected chi connectivity index (χ1v) is 12.2. The highest BCUT2D eigenvalue weighted by molar-refractivity contribution is 7.89. The maximum absolute atomic E-state index is 13.2. The molecule has 7 nitrogen and oxygen atoms in total. The second-order valence-corrected chi connectivity index (χ2v) is 10.4. The molecule has 0 atom stereocenters. The van der Waals surface area contributed by atoms with Gasteiger partial charge in [0.05, 0.1) is 10.3 Å². The number of likely N-dealkylation sites (tertiary alicyclic amines) is 1. The lowest BCUT2D eigenvalue weighted by Gasteiger charge is -2.37. The van der Waals surface area contributed by atoms with Crippen molar-refractivity contribution in [1.29, 1.82) is 0 Å². The molecule has 8 heteroatoms. The van der Waals surface area contributed by atoms with Crippen LogP contribution in [0, 0.1) is 5.41 Å². The fourth-order valence-electron chi connectivity index (χ4n) is 4.80. The zero-order valence-corrected chi connectivity index (χ0v) is 18.1. The summed E-state index contributed by atoms with van der Waals surface area (Å²) in [4.78, 5) is 15.3. The van der Waals surface area contributed by atoms with Crippen LogP contribution in [0.15, 0.2) is 53.4 Å². The number of carbonyl (C=O) groups is 1. The molecule has 0 aromatic heterocycles. The number of rotatable bonds is 4. The molecular weight excluding hydrogens is 416 g/mol. The lowest BCUT2D eigenvalue weighted by molar-refractivity contribution is -0.138. The Bertz CT molecular complexity index is 1080. The van der Waals surface area contributed by atoms with Crippen molar-refractivity contribution in [2.45, 2.75) is 30.7 Å². The quantitative estimate of drug-likeness (QED) is 0.728. The van der Waals surface area contributed by atoms with E-state index in [1.165, 1.54) is 10.4 Å².